The van der Waals surface area contributed by atoms with Crippen molar-refractivity contribution in [3.05, 3.63) is 86.5 Å². The standard InChI is InChI=1S/C24H20F3N5O4/c1-12-19(21(34)36-3)20(17-8-7-14(11-28)9-18(17)13(2)33)32-22(29-30-23(32)35)31(12)16-6-4-5-15(10-16)24(25,26)27/h4-10,13,20,33H,1-3H3,(H,30,35)/t13?,20-/m1/s1. The van der Waals surface area contributed by atoms with E-state index in [1.165, 1.54) is 49.1 Å². The second-order valence-corrected chi connectivity index (χ2v) is 8.11. The van der Waals surface area contributed by atoms with Crippen LogP contribution in [0.4, 0.5) is 24.8 Å². The van der Waals surface area contributed by atoms with Crippen molar-refractivity contribution in [1.82, 2.24) is 14.8 Å². The summed E-state index contributed by atoms with van der Waals surface area (Å²) in [5, 5.41) is 26.1. The Labute approximate surface area is 202 Å². The van der Waals surface area contributed by atoms with Crippen LogP contribution in [0, 0.1) is 11.3 Å². The van der Waals surface area contributed by atoms with Gasteiger partial charge >= 0.3 is 17.8 Å². The average molecular weight is 499 g/mol. The number of carbonyl (C=O) groups is 1. The Balaban J connectivity index is 2.05. The molecule has 0 radical (unpaired) electrons. The lowest BCUT2D eigenvalue weighted by Crippen LogP contribution is -2.38. The van der Waals surface area contributed by atoms with E-state index in [9.17, 15) is 33.1 Å². The number of benzene rings is 2. The molecule has 186 valence electrons. The van der Waals surface area contributed by atoms with E-state index in [0.717, 1.165) is 23.8 Å². The molecule has 0 bridgehead atoms. The molecule has 0 aliphatic carbocycles. The molecule has 0 amide bonds. The number of nitrogens with zero attached hydrogens (tertiary/aromatic N) is 4. The number of alkyl halides is 3. The van der Waals surface area contributed by atoms with Crippen LogP contribution in [0.1, 0.15) is 48.2 Å². The summed E-state index contributed by atoms with van der Waals surface area (Å²) in [5.74, 6) is -0.912. The molecular weight excluding hydrogens is 479 g/mol. The summed E-state index contributed by atoms with van der Waals surface area (Å²) in [7, 11) is 1.14. The predicted molar refractivity (Wildman–Crippen MR) is 121 cm³/mol. The van der Waals surface area contributed by atoms with Gasteiger partial charge in [-0.15, -0.1) is 5.10 Å². The number of nitriles is 1. The fourth-order valence-corrected chi connectivity index (χ4v) is 4.33. The normalized spacial score (nSPS) is 16.4. The molecule has 1 aromatic heterocycles. The van der Waals surface area contributed by atoms with Crippen LogP contribution in [-0.2, 0) is 15.7 Å². The van der Waals surface area contributed by atoms with Crippen molar-refractivity contribution >= 4 is 17.6 Å². The number of rotatable bonds is 4. The van der Waals surface area contributed by atoms with Gasteiger partial charge in [0, 0.05) is 11.4 Å². The molecule has 0 saturated carbocycles. The molecule has 2 N–H and O–H groups in total. The van der Waals surface area contributed by atoms with Gasteiger partial charge in [-0.1, -0.05) is 12.1 Å². The van der Waals surface area contributed by atoms with Crippen LogP contribution >= 0.6 is 0 Å². The molecule has 0 saturated heterocycles. The number of esters is 1. The number of ether oxygens (including phenoxy) is 1. The Hall–Kier alpha value is -4.37. The van der Waals surface area contributed by atoms with Gasteiger partial charge in [-0.05, 0) is 55.3 Å². The number of hydrogen-bond acceptors (Lipinski definition) is 7. The van der Waals surface area contributed by atoms with E-state index in [0.29, 0.717) is 5.56 Å². The van der Waals surface area contributed by atoms with Crippen molar-refractivity contribution in [1.29, 1.82) is 5.26 Å². The Morgan fingerprint density at radius 2 is 2.00 bits per heavy atom. The first-order valence-corrected chi connectivity index (χ1v) is 10.6. The second-order valence-electron chi connectivity index (χ2n) is 8.11. The maximum absolute atomic E-state index is 13.4. The maximum atomic E-state index is 13.4. The Kier molecular flexibility index (Phi) is 6.19. The Morgan fingerprint density at radius 3 is 2.61 bits per heavy atom. The van der Waals surface area contributed by atoms with Gasteiger partial charge in [0.2, 0.25) is 5.95 Å². The van der Waals surface area contributed by atoms with Crippen molar-refractivity contribution in [2.45, 2.75) is 32.2 Å². The number of fused-ring (bicyclic) bond motifs is 1. The highest BCUT2D eigenvalue weighted by Gasteiger charge is 2.41. The van der Waals surface area contributed by atoms with E-state index in [1.807, 2.05) is 6.07 Å². The summed E-state index contributed by atoms with van der Waals surface area (Å²) in [6.07, 6.45) is -5.71. The first-order valence-electron chi connectivity index (χ1n) is 10.6. The van der Waals surface area contributed by atoms with Crippen molar-refractivity contribution in [2.24, 2.45) is 0 Å². The second kappa shape index (κ2) is 9.01. The maximum Gasteiger partial charge on any atom is 0.416 e. The number of carbonyl (C=O) groups excluding carboxylic acids is 1. The molecular formula is C24H20F3N5O4. The largest absolute Gasteiger partial charge is 0.466 e. The summed E-state index contributed by atoms with van der Waals surface area (Å²) < 4.78 is 46.4. The third-order valence-electron chi connectivity index (χ3n) is 5.94. The van der Waals surface area contributed by atoms with Gasteiger partial charge in [-0.2, -0.15) is 18.4 Å². The molecule has 1 aliphatic heterocycles. The Morgan fingerprint density at radius 1 is 1.28 bits per heavy atom. The minimum atomic E-state index is -4.63. The monoisotopic (exact) mass is 499 g/mol. The predicted octanol–water partition coefficient (Wildman–Crippen LogP) is 3.70. The molecule has 12 heteroatoms. The molecule has 36 heavy (non-hydrogen) atoms. The quantitative estimate of drug-likeness (QED) is 0.525. The van der Waals surface area contributed by atoms with Crippen LogP contribution in [-0.4, -0.2) is 33.0 Å². The minimum absolute atomic E-state index is 0.0120. The van der Waals surface area contributed by atoms with Crippen LogP contribution in [0.5, 0.6) is 0 Å². The lowest BCUT2D eigenvalue weighted by atomic mass is 9.88. The van der Waals surface area contributed by atoms with Gasteiger partial charge in [0.15, 0.2) is 0 Å². The van der Waals surface area contributed by atoms with Gasteiger partial charge in [0.25, 0.3) is 0 Å². The summed E-state index contributed by atoms with van der Waals surface area (Å²) in [5.41, 5.74) is -0.716. The highest BCUT2D eigenvalue weighted by atomic mass is 19.4. The van der Waals surface area contributed by atoms with Crippen molar-refractivity contribution < 1.29 is 27.8 Å². The summed E-state index contributed by atoms with van der Waals surface area (Å²) in [4.78, 5) is 27.3. The number of anilines is 2. The van der Waals surface area contributed by atoms with Crippen LogP contribution in [0.25, 0.3) is 0 Å². The Bertz CT molecular complexity index is 1480. The SMILES string of the molecule is COC(=O)C1=C(C)N(c2cccc(C(F)(F)F)c2)c2n[nH]c(=O)n2[C@@H]1c1ccc(C#N)cc1C(C)O. The van der Waals surface area contributed by atoms with E-state index in [4.69, 9.17) is 4.74 Å². The van der Waals surface area contributed by atoms with Crippen molar-refractivity contribution in [2.75, 3.05) is 12.0 Å². The van der Waals surface area contributed by atoms with Crippen molar-refractivity contribution in [3.8, 4) is 6.07 Å². The van der Waals surface area contributed by atoms with E-state index >= 15 is 0 Å². The average Bonchev–Trinajstić information content (AvgIpc) is 3.22. The van der Waals surface area contributed by atoms with Gasteiger partial charge in [0.05, 0.1) is 36.0 Å². The zero-order valence-electron chi connectivity index (χ0n) is 19.3. The lowest BCUT2D eigenvalue weighted by molar-refractivity contribution is -0.138. The van der Waals surface area contributed by atoms with Crippen LogP contribution in [0.3, 0.4) is 0 Å². The molecule has 9 nitrogen and oxygen atoms in total. The highest BCUT2D eigenvalue weighted by Crippen LogP contribution is 2.44. The van der Waals surface area contributed by atoms with E-state index in [1.54, 1.807) is 0 Å². The number of nitrogens with one attached hydrogen (secondary N) is 1. The minimum Gasteiger partial charge on any atom is -0.466 e. The first kappa shape index (κ1) is 24.7. The smallest absolute Gasteiger partial charge is 0.416 e. The van der Waals surface area contributed by atoms with Crippen LogP contribution < -0.4 is 10.6 Å². The zero-order chi connectivity index (χ0) is 26.4. The molecule has 0 fully saturated rings. The van der Waals surface area contributed by atoms with E-state index in [-0.39, 0.29) is 34.0 Å². The molecule has 1 aliphatic rings. The number of hydrogen-bond donors (Lipinski definition) is 2. The number of H-pyrrole nitrogens is 1. The van der Waals surface area contributed by atoms with E-state index in [2.05, 4.69) is 10.2 Å². The topological polar surface area (TPSA) is 124 Å². The number of aromatic nitrogens is 3. The fourth-order valence-electron chi connectivity index (χ4n) is 4.33. The highest BCUT2D eigenvalue weighted by molar-refractivity contribution is 5.93. The van der Waals surface area contributed by atoms with Gasteiger partial charge < -0.3 is 9.84 Å². The van der Waals surface area contributed by atoms with Gasteiger partial charge in [-0.25, -0.2) is 19.3 Å². The summed E-state index contributed by atoms with van der Waals surface area (Å²) in [6, 6.07) is 9.61. The van der Waals surface area contributed by atoms with E-state index < -0.39 is 35.5 Å². The number of aromatic amines is 1. The molecule has 3 aromatic rings. The third-order valence-corrected chi connectivity index (χ3v) is 5.94. The molecule has 4 rings (SSSR count). The fraction of sp³-hybridized carbons (Fsp3) is 0.250. The number of aliphatic hydroxyl groups is 1. The number of allylic oxidation sites excluding steroid dienone is 1. The third kappa shape index (κ3) is 4.03. The van der Waals surface area contributed by atoms with Crippen molar-refractivity contribution in [3.63, 3.8) is 0 Å². The molecule has 1 unspecified atom stereocenters. The lowest BCUT2D eigenvalue weighted by Gasteiger charge is -2.36. The summed E-state index contributed by atoms with van der Waals surface area (Å²) in [6.45, 7) is 2.96. The number of methoxy groups -OCH3 is 1. The first-order chi connectivity index (χ1) is 17.0. The molecule has 2 heterocycles. The van der Waals surface area contributed by atoms with Gasteiger partial charge in [0.1, 0.15) is 6.04 Å². The molecule has 0 spiro atoms. The number of aliphatic hydroxyl groups excluding tert-OH is 1. The van der Waals surface area contributed by atoms with Gasteiger partial charge in [-0.3, -0.25) is 4.90 Å². The number of halogens is 3. The zero-order valence-corrected chi connectivity index (χ0v) is 19.3. The molecule has 2 aromatic carbocycles. The molecule has 2 atom stereocenters. The van der Waals surface area contributed by atoms with Crippen LogP contribution in [0.15, 0.2) is 58.5 Å². The summed E-state index contributed by atoms with van der Waals surface area (Å²) >= 11 is 0. The van der Waals surface area contributed by atoms with Crippen LogP contribution in [0.2, 0.25) is 0 Å².